The van der Waals surface area contributed by atoms with Crippen LogP contribution in [0.1, 0.15) is 51.1 Å². The highest BCUT2D eigenvalue weighted by Crippen LogP contribution is 2.27. The molecule has 0 bridgehead atoms. The molecule has 21 heavy (non-hydrogen) atoms. The fourth-order valence-corrected chi connectivity index (χ4v) is 3.08. The summed E-state index contributed by atoms with van der Waals surface area (Å²) >= 11 is 0. The van der Waals surface area contributed by atoms with Crippen LogP contribution in [-0.4, -0.2) is 18.6 Å². The minimum atomic E-state index is -0.185. The van der Waals surface area contributed by atoms with Crippen molar-refractivity contribution in [1.29, 1.82) is 0 Å². The molecule has 0 aromatic heterocycles. The number of nitrogens with one attached hydrogen (secondary N) is 1. The molecule has 3 atom stereocenters. The van der Waals surface area contributed by atoms with E-state index >= 15 is 0 Å². The Bertz CT molecular complexity index is 478. The maximum absolute atomic E-state index is 13.8. The van der Waals surface area contributed by atoms with Gasteiger partial charge in [-0.2, -0.15) is 0 Å². The van der Waals surface area contributed by atoms with Crippen molar-refractivity contribution in [2.24, 2.45) is 5.92 Å². The van der Waals surface area contributed by atoms with Gasteiger partial charge in [0.1, 0.15) is 5.82 Å². The lowest BCUT2D eigenvalue weighted by Crippen LogP contribution is -2.38. The van der Waals surface area contributed by atoms with Gasteiger partial charge in [0.2, 0.25) is 0 Å². The van der Waals surface area contributed by atoms with Crippen molar-refractivity contribution in [1.82, 2.24) is 5.32 Å². The molecule has 3 nitrogen and oxygen atoms in total. The molecule has 0 amide bonds. The molecule has 0 spiro atoms. The summed E-state index contributed by atoms with van der Waals surface area (Å²) < 4.78 is 18.9. The van der Waals surface area contributed by atoms with Gasteiger partial charge in [-0.25, -0.2) is 4.39 Å². The van der Waals surface area contributed by atoms with Crippen molar-refractivity contribution in [3.8, 4) is 0 Å². The lowest BCUT2D eigenvalue weighted by molar-refractivity contribution is -0.149. The van der Waals surface area contributed by atoms with Gasteiger partial charge in [-0.05, 0) is 39.2 Å². The molecule has 2 rings (SSSR count). The van der Waals surface area contributed by atoms with Gasteiger partial charge in [-0.15, -0.1) is 0 Å². The zero-order valence-electron chi connectivity index (χ0n) is 12.8. The predicted molar refractivity (Wildman–Crippen MR) is 80.3 cm³/mol. The summed E-state index contributed by atoms with van der Waals surface area (Å²) in [7, 11) is 0. The summed E-state index contributed by atoms with van der Waals surface area (Å²) in [5.74, 6) is -0.304. The van der Waals surface area contributed by atoms with Crippen LogP contribution in [0.25, 0.3) is 0 Å². The topological polar surface area (TPSA) is 38.3 Å². The second-order valence-electron chi connectivity index (χ2n) is 5.72. The number of hydrogen-bond acceptors (Lipinski definition) is 3. The number of esters is 1. The molecule has 1 aliphatic rings. The van der Waals surface area contributed by atoms with Crippen LogP contribution in [0.5, 0.6) is 0 Å². The third-order valence-corrected chi connectivity index (χ3v) is 4.15. The molecule has 1 aliphatic carbocycles. The van der Waals surface area contributed by atoms with Crippen molar-refractivity contribution in [2.45, 2.75) is 51.6 Å². The van der Waals surface area contributed by atoms with Gasteiger partial charge in [0.15, 0.2) is 0 Å². The molecule has 1 aromatic carbocycles. The standard InChI is InChI=1S/C17H24FNO2/c1-3-21-17(20)13-7-6-8-14(11-13)19-12(2)15-9-4-5-10-16(15)18/h4-5,9-10,12-14,19H,3,6-8,11H2,1-2H3/t12-,13?,14?/m1/s1. The summed E-state index contributed by atoms with van der Waals surface area (Å²) in [5.41, 5.74) is 0.677. The summed E-state index contributed by atoms with van der Waals surface area (Å²) in [6, 6.07) is 7.01. The molecule has 1 aromatic rings. The number of ether oxygens (including phenoxy) is 1. The van der Waals surface area contributed by atoms with Crippen LogP contribution in [0.3, 0.4) is 0 Å². The summed E-state index contributed by atoms with van der Waals surface area (Å²) in [6.07, 6.45) is 3.70. The van der Waals surface area contributed by atoms with Crippen molar-refractivity contribution < 1.29 is 13.9 Å². The van der Waals surface area contributed by atoms with Gasteiger partial charge in [-0.1, -0.05) is 24.6 Å². The Morgan fingerprint density at radius 2 is 2.19 bits per heavy atom. The predicted octanol–water partition coefficient (Wildman–Crippen LogP) is 3.60. The molecule has 0 heterocycles. The molecule has 0 saturated heterocycles. The van der Waals surface area contributed by atoms with Crippen LogP contribution in [0, 0.1) is 11.7 Å². The zero-order chi connectivity index (χ0) is 15.2. The van der Waals surface area contributed by atoms with Gasteiger partial charge in [0.25, 0.3) is 0 Å². The number of halogens is 1. The molecule has 0 aliphatic heterocycles. The smallest absolute Gasteiger partial charge is 0.308 e. The maximum atomic E-state index is 13.8. The molecule has 2 unspecified atom stereocenters. The van der Waals surface area contributed by atoms with Crippen LogP contribution in [0.2, 0.25) is 0 Å². The van der Waals surface area contributed by atoms with Crippen LogP contribution in [0.4, 0.5) is 4.39 Å². The van der Waals surface area contributed by atoms with Gasteiger partial charge in [-0.3, -0.25) is 4.79 Å². The average molecular weight is 293 g/mol. The van der Waals surface area contributed by atoms with Crippen molar-refractivity contribution in [3.63, 3.8) is 0 Å². The van der Waals surface area contributed by atoms with E-state index in [1.807, 2.05) is 19.9 Å². The Hall–Kier alpha value is -1.42. The van der Waals surface area contributed by atoms with Crippen molar-refractivity contribution in [2.75, 3.05) is 6.61 Å². The maximum Gasteiger partial charge on any atom is 0.308 e. The number of carbonyl (C=O) groups is 1. The van der Waals surface area contributed by atoms with E-state index in [2.05, 4.69) is 5.32 Å². The Balaban J connectivity index is 1.93. The van der Waals surface area contributed by atoms with Gasteiger partial charge >= 0.3 is 5.97 Å². The molecule has 1 fully saturated rings. The van der Waals surface area contributed by atoms with E-state index in [1.165, 1.54) is 6.07 Å². The van der Waals surface area contributed by atoms with Gasteiger partial charge in [0.05, 0.1) is 12.5 Å². The first kappa shape index (κ1) is 16.0. The number of carbonyl (C=O) groups excluding carboxylic acids is 1. The van der Waals surface area contributed by atoms with E-state index in [9.17, 15) is 9.18 Å². The third kappa shape index (κ3) is 4.27. The summed E-state index contributed by atoms with van der Waals surface area (Å²) in [5, 5.41) is 3.46. The minimum Gasteiger partial charge on any atom is -0.466 e. The van der Waals surface area contributed by atoms with Crippen LogP contribution < -0.4 is 5.32 Å². The first-order valence-electron chi connectivity index (χ1n) is 7.79. The van der Waals surface area contributed by atoms with Crippen LogP contribution >= 0.6 is 0 Å². The van der Waals surface area contributed by atoms with Crippen LogP contribution in [0.15, 0.2) is 24.3 Å². The fourth-order valence-electron chi connectivity index (χ4n) is 3.08. The van der Waals surface area contributed by atoms with E-state index in [-0.39, 0.29) is 29.8 Å². The molecule has 1 N–H and O–H groups in total. The number of rotatable bonds is 5. The Labute approximate surface area is 125 Å². The Morgan fingerprint density at radius 1 is 1.43 bits per heavy atom. The second-order valence-corrected chi connectivity index (χ2v) is 5.72. The van der Waals surface area contributed by atoms with E-state index in [0.717, 1.165) is 25.7 Å². The van der Waals surface area contributed by atoms with Crippen LogP contribution in [-0.2, 0) is 9.53 Å². The first-order chi connectivity index (χ1) is 10.1. The quantitative estimate of drug-likeness (QED) is 0.843. The number of hydrogen-bond donors (Lipinski definition) is 1. The Kier molecular flexibility index (Phi) is 5.74. The minimum absolute atomic E-state index is 0.0241. The summed E-state index contributed by atoms with van der Waals surface area (Å²) in [4.78, 5) is 11.8. The van der Waals surface area contributed by atoms with Gasteiger partial charge < -0.3 is 10.1 Å². The second kappa shape index (κ2) is 7.55. The Morgan fingerprint density at radius 3 is 2.90 bits per heavy atom. The van der Waals surface area contributed by atoms with E-state index in [4.69, 9.17) is 4.74 Å². The third-order valence-electron chi connectivity index (χ3n) is 4.15. The SMILES string of the molecule is CCOC(=O)C1CCCC(N[C@H](C)c2ccccc2F)C1. The highest BCUT2D eigenvalue weighted by molar-refractivity contribution is 5.72. The van der Waals surface area contributed by atoms with E-state index in [1.54, 1.807) is 12.1 Å². The van der Waals surface area contributed by atoms with Crippen molar-refractivity contribution in [3.05, 3.63) is 35.6 Å². The molecule has 4 heteroatoms. The highest BCUT2D eigenvalue weighted by Gasteiger charge is 2.29. The lowest BCUT2D eigenvalue weighted by Gasteiger charge is -2.31. The molecule has 1 saturated carbocycles. The number of benzene rings is 1. The van der Waals surface area contributed by atoms with Gasteiger partial charge in [0, 0.05) is 17.6 Å². The molecular weight excluding hydrogens is 269 g/mol. The normalized spacial score (nSPS) is 23.6. The zero-order valence-corrected chi connectivity index (χ0v) is 12.8. The molecular formula is C17H24FNO2. The van der Waals surface area contributed by atoms with E-state index < -0.39 is 0 Å². The average Bonchev–Trinajstić information content (AvgIpc) is 2.48. The highest BCUT2D eigenvalue weighted by atomic mass is 19.1. The lowest BCUT2D eigenvalue weighted by atomic mass is 9.85. The first-order valence-corrected chi connectivity index (χ1v) is 7.79. The fraction of sp³-hybridized carbons (Fsp3) is 0.588. The molecule has 0 radical (unpaired) electrons. The largest absolute Gasteiger partial charge is 0.466 e. The molecule has 116 valence electrons. The van der Waals surface area contributed by atoms with E-state index in [0.29, 0.717) is 12.2 Å². The summed E-state index contributed by atoms with van der Waals surface area (Å²) in [6.45, 7) is 4.22. The van der Waals surface area contributed by atoms with Crippen molar-refractivity contribution >= 4 is 5.97 Å². The monoisotopic (exact) mass is 293 g/mol.